The summed E-state index contributed by atoms with van der Waals surface area (Å²) in [7, 11) is 0. The molecule has 1 amide bonds. The second-order valence-corrected chi connectivity index (χ2v) is 6.04. The van der Waals surface area contributed by atoms with E-state index in [0.717, 1.165) is 30.8 Å². The lowest BCUT2D eigenvalue weighted by atomic mass is 10.0. The SMILES string of the molecule is O=C(N[C@@H]1CCc2nccn2C1)[C@H](c1ccccc1)n1cccn1. The Balaban J connectivity index is 1.54. The number of carbonyl (C=O) groups is 1. The lowest BCUT2D eigenvalue weighted by Gasteiger charge is -2.27. The molecular formula is C18H19N5O. The molecule has 0 fully saturated rings. The molecule has 3 heterocycles. The standard InChI is InChI=1S/C18H19N5O/c24-18(21-15-7-8-16-19-10-12-22(16)13-15)17(23-11-4-9-20-23)14-5-2-1-3-6-14/h1-6,9-12,15,17H,7-8,13H2,(H,21,24)/t15-,17+/m1/s1. The van der Waals surface area contributed by atoms with Crippen LogP contribution in [0.5, 0.6) is 0 Å². The topological polar surface area (TPSA) is 64.7 Å². The number of imidazole rings is 1. The van der Waals surface area contributed by atoms with Gasteiger partial charge in [-0.3, -0.25) is 9.48 Å². The van der Waals surface area contributed by atoms with Crippen molar-refractivity contribution in [3.63, 3.8) is 0 Å². The summed E-state index contributed by atoms with van der Waals surface area (Å²) >= 11 is 0. The van der Waals surface area contributed by atoms with Crippen LogP contribution in [-0.2, 0) is 17.8 Å². The van der Waals surface area contributed by atoms with Crippen LogP contribution in [0.2, 0.25) is 0 Å². The van der Waals surface area contributed by atoms with Gasteiger partial charge in [-0.15, -0.1) is 0 Å². The number of carbonyl (C=O) groups excluding carboxylic acids is 1. The smallest absolute Gasteiger partial charge is 0.249 e. The van der Waals surface area contributed by atoms with E-state index in [1.54, 1.807) is 10.9 Å². The van der Waals surface area contributed by atoms with Gasteiger partial charge in [-0.05, 0) is 18.1 Å². The molecule has 0 unspecified atom stereocenters. The Kier molecular flexibility index (Phi) is 3.86. The third kappa shape index (κ3) is 2.82. The number of amides is 1. The van der Waals surface area contributed by atoms with Crippen molar-refractivity contribution in [1.82, 2.24) is 24.6 Å². The largest absolute Gasteiger partial charge is 0.349 e. The van der Waals surface area contributed by atoms with E-state index in [1.807, 2.05) is 55.0 Å². The summed E-state index contributed by atoms with van der Waals surface area (Å²) in [5, 5.41) is 7.46. The van der Waals surface area contributed by atoms with Crippen molar-refractivity contribution in [2.24, 2.45) is 0 Å². The van der Waals surface area contributed by atoms with Crippen LogP contribution in [0.15, 0.2) is 61.2 Å². The summed E-state index contributed by atoms with van der Waals surface area (Å²) in [6.07, 6.45) is 9.10. The maximum Gasteiger partial charge on any atom is 0.249 e. The van der Waals surface area contributed by atoms with Crippen LogP contribution in [0, 0.1) is 0 Å². The quantitative estimate of drug-likeness (QED) is 0.797. The molecule has 1 aromatic carbocycles. The summed E-state index contributed by atoms with van der Waals surface area (Å²) in [4.78, 5) is 17.3. The summed E-state index contributed by atoms with van der Waals surface area (Å²) in [6, 6.07) is 11.2. The zero-order valence-corrected chi connectivity index (χ0v) is 13.2. The number of aromatic nitrogens is 4. The molecule has 6 nitrogen and oxygen atoms in total. The fourth-order valence-electron chi connectivity index (χ4n) is 3.26. The van der Waals surface area contributed by atoms with Gasteiger partial charge in [0.25, 0.3) is 0 Å². The highest BCUT2D eigenvalue weighted by Crippen LogP contribution is 2.19. The highest BCUT2D eigenvalue weighted by Gasteiger charge is 2.27. The number of benzene rings is 1. The molecule has 1 aliphatic rings. The molecule has 4 rings (SSSR count). The maximum atomic E-state index is 13.0. The number of aryl methyl sites for hydroxylation is 1. The van der Waals surface area contributed by atoms with Gasteiger partial charge in [0.2, 0.25) is 5.91 Å². The van der Waals surface area contributed by atoms with Crippen molar-refractivity contribution >= 4 is 5.91 Å². The van der Waals surface area contributed by atoms with E-state index >= 15 is 0 Å². The van der Waals surface area contributed by atoms with E-state index in [2.05, 4.69) is 20.0 Å². The maximum absolute atomic E-state index is 13.0. The van der Waals surface area contributed by atoms with Gasteiger partial charge in [0.1, 0.15) is 5.82 Å². The average Bonchev–Trinajstić information content (AvgIpc) is 3.27. The van der Waals surface area contributed by atoms with E-state index in [0.29, 0.717) is 0 Å². The molecule has 0 saturated carbocycles. The van der Waals surface area contributed by atoms with Gasteiger partial charge in [0.15, 0.2) is 6.04 Å². The van der Waals surface area contributed by atoms with Crippen LogP contribution < -0.4 is 5.32 Å². The highest BCUT2D eigenvalue weighted by molar-refractivity contribution is 5.83. The summed E-state index contributed by atoms with van der Waals surface area (Å²) < 4.78 is 3.82. The second kappa shape index (κ2) is 6.31. The van der Waals surface area contributed by atoms with Crippen molar-refractivity contribution < 1.29 is 4.79 Å². The Hall–Kier alpha value is -2.89. The first-order valence-corrected chi connectivity index (χ1v) is 8.16. The minimum absolute atomic E-state index is 0.0292. The van der Waals surface area contributed by atoms with E-state index in [1.165, 1.54) is 0 Å². The number of hydrogen-bond donors (Lipinski definition) is 1. The highest BCUT2D eigenvalue weighted by atomic mass is 16.2. The number of nitrogens with zero attached hydrogens (tertiary/aromatic N) is 4. The molecule has 0 saturated heterocycles. The lowest BCUT2D eigenvalue weighted by Crippen LogP contribution is -2.44. The van der Waals surface area contributed by atoms with Gasteiger partial charge in [-0.2, -0.15) is 5.10 Å². The van der Waals surface area contributed by atoms with Crippen molar-refractivity contribution in [3.8, 4) is 0 Å². The van der Waals surface area contributed by atoms with E-state index in [4.69, 9.17) is 0 Å². The fourth-order valence-corrected chi connectivity index (χ4v) is 3.26. The molecule has 2 atom stereocenters. The Morgan fingerprint density at radius 3 is 2.83 bits per heavy atom. The Morgan fingerprint density at radius 2 is 2.04 bits per heavy atom. The third-order valence-electron chi connectivity index (χ3n) is 4.43. The first-order valence-electron chi connectivity index (χ1n) is 8.16. The molecule has 6 heteroatoms. The number of fused-ring (bicyclic) bond motifs is 1. The molecule has 1 aliphatic heterocycles. The van der Waals surface area contributed by atoms with Crippen LogP contribution in [-0.4, -0.2) is 31.3 Å². The molecule has 0 aliphatic carbocycles. The van der Waals surface area contributed by atoms with Gasteiger partial charge < -0.3 is 9.88 Å². The lowest BCUT2D eigenvalue weighted by molar-refractivity contribution is -0.124. The number of nitrogens with one attached hydrogen (secondary N) is 1. The Labute approximate surface area is 140 Å². The molecular weight excluding hydrogens is 302 g/mol. The van der Waals surface area contributed by atoms with E-state index in [-0.39, 0.29) is 11.9 Å². The zero-order valence-electron chi connectivity index (χ0n) is 13.2. The summed E-state index contributed by atoms with van der Waals surface area (Å²) in [5.74, 6) is 1.06. The fraction of sp³-hybridized carbons (Fsp3) is 0.278. The van der Waals surface area contributed by atoms with Gasteiger partial charge >= 0.3 is 0 Å². The summed E-state index contributed by atoms with van der Waals surface area (Å²) in [5.41, 5.74) is 0.929. The molecule has 24 heavy (non-hydrogen) atoms. The second-order valence-electron chi connectivity index (χ2n) is 6.04. The van der Waals surface area contributed by atoms with Crippen LogP contribution in [0.4, 0.5) is 0 Å². The van der Waals surface area contributed by atoms with Crippen LogP contribution >= 0.6 is 0 Å². The molecule has 122 valence electrons. The van der Waals surface area contributed by atoms with E-state index < -0.39 is 6.04 Å². The van der Waals surface area contributed by atoms with Crippen molar-refractivity contribution in [1.29, 1.82) is 0 Å². The summed E-state index contributed by atoms with van der Waals surface area (Å²) in [6.45, 7) is 0.766. The number of hydrogen-bond acceptors (Lipinski definition) is 3. The van der Waals surface area contributed by atoms with Crippen LogP contribution in [0.25, 0.3) is 0 Å². The minimum Gasteiger partial charge on any atom is -0.349 e. The van der Waals surface area contributed by atoms with E-state index in [9.17, 15) is 4.79 Å². The van der Waals surface area contributed by atoms with Gasteiger partial charge in [-0.25, -0.2) is 4.98 Å². The van der Waals surface area contributed by atoms with Gasteiger partial charge in [0, 0.05) is 43.8 Å². The molecule has 2 aromatic heterocycles. The average molecular weight is 321 g/mol. The van der Waals surface area contributed by atoms with Crippen LogP contribution in [0.3, 0.4) is 0 Å². The monoisotopic (exact) mass is 321 g/mol. The first kappa shape index (κ1) is 14.7. The molecule has 0 radical (unpaired) electrons. The Morgan fingerprint density at radius 1 is 1.17 bits per heavy atom. The third-order valence-corrected chi connectivity index (χ3v) is 4.43. The van der Waals surface area contributed by atoms with Crippen LogP contribution in [0.1, 0.15) is 23.9 Å². The molecule has 0 bridgehead atoms. The predicted octanol–water partition coefficient (Wildman–Crippen LogP) is 1.80. The van der Waals surface area contributed by atoms with Crippen molar-refractivity contribution in [2.45, 2.75) is 31.5 Å². The number of rotatable bonds is 4. The minimum atomic E-state index is -0.453. The Bertz CT molecular complexity index is 809. The molecule has 3 aromatic rings. The zero-order chi connectivity index (χ0) is 16.4. The van der Waals surface area contributed by atoms with Gasteiger partial charge in [0.05, 0.1) is 0 Å². The van der Waals surface area contributed by atoms with Gasteiger partial charge in [-0.1, -0.05) is 30.3 Å². The predicted molar refractivity (Wildman–Crippen MR) is 89.3 cm³/mol. The van der Waals surface area contributed by atoms with Crippen molar-refractivity contribution in [2.75, 3.05) is 0 Å². The normalized spacial score (nSPS) is 17.9. The molecule has 1 N–H and O–H groups in total. The molecule has 0 spiro atoms. The first-order chi connectivity index (χ1) is 11.8. The van der Waals surface area contributed by atoms with Crippen molar-refractivity contribution in [3.05, 3.63) is 72.6 Å².